The van der Waals surface area contributed by atoms with Crippen molar-refractivity contribution >= 4 is 12.2 Å². The molecule has 7 nitrogen and oxygen atoms in total. The van der Waals surface area contributed by atoms with Gasteiger partial charge in [0.05, 0.1) is 0 Å². The maximum absolute atomic E-state index is 11.0. The van der Waals surface area contributed by atoms with E-state index in [0.29, 0.717) is 19.5 Å². The predicted molar refractivity (Wildman–Crippen MR) is 95.1 cm³/mol. The van der Waals surface area contributed by atoms with Gasteiger partial charge in [-0.2, -0.15) is 0 Å². The summed E-state index contributed by atoms with van der Waals surface area (Å²) in [5.41, 5.74) is -0.848. The molecule has 0 atom stereocenters. The molecule has 3 N–H and O–H groups in total. The summed E-state index contributed by atoms with van der Waals surface area (Å²) < 4.78 is 9.99. The normalized spacial score (nSPS) is 11.0. The lowest BCUT2D eigenvalue weighted by molar-refractivity contribution is 0.0514. The molecule has 0 aliphatic heterocycles. The Labute approximate surface area is 146 Å². The van der Waals surface area contributed by atoms with Gasteiger partial charge in [-0.15, -0.1) is 0 Å². The van der Waals surface area contributed by atoms with Crippen LogP contribution in [0.25, 0.3) is 0 Å². The maximum atomic E-state index is 11.0. The van der Waals surface area contributed by atoms with Gasteiger partial charge in [-0.3, -0.25) is 0 Å². The Bertz CT molecular complexity index is 312. The monoisotopic (exact) mass is 348 g/mol. The fourth-order valence-corrected chi connectivity index (χ4v) is 1.27. The Kier molecular flexibility index (Phi) is 13.3. The highest BCUT2D eigenvalue weighted by atomic mass is 16.6. The third kappa shape index (κ3) is 22.8. The molecule has 0 aromatic carbocycles. The van der Waals surface area contributed by atoms with Crippen LogP contribution >= 0.6 is 0 Å². The first-order valence-electron chi connectivity index (χ1n) is 8.46. The molecule has 0 heterocycles. The van der Waals surface area contributed by atoms with Crippen molar-refractivity contribution in [1.82, 2.24) is 10.6 Å². The SMILES string of the molecule is CC(C)(C)OC(=O)NCCCO.CCCCNC(=O)OC(C)(C)C. The molecule has 0 aromatic heterocycles. The van der Waals surface area contributed by atoms with E-state index < -0.39 is 17.3 Å². The molecule has 0 saturated heterocycles. The first-order valence-corrected chi connectivity index (χ1v) is 8.46. The zero-order chi connectivity index (χ0) is 19.2. The number of carbonyl (C=O) groups is 2. The van der Waals surface area contributed by atoms with Gasteiger partial charge in [0.1, 0.15) is 11.2 Å². The van der Waals surface area contributed by atoms with Crippen molar-refractivity contribution in [3.05, 3.63) is 0 Å². The fourth-order valence-electron chi connectivity index (χ4n) is 1.27. The number of aliphatic hydroxyl groups is 1. The molecule has 0 saturated carbocycles. The number of rotatable bonds is 6. The summed E-state index contributed by atoms with van der Waals surface area (Å²) in [6.45, 7) is 14.3. The highest BCUT2D eigenvalue weighted by Crippen LogP contribution is 2.06. The van der Waals surface area contributed by atoms with Crippen LogP contribution in [-0.4, -0.2) is 48.2 Å². The Balaban J connectivity index is 0. The number of carbonyl (C=O) groups excluding carboxylic acids is 2. The van der Waals surface area contributed by atoms with Crippen LogP contribution in [0.1, 0.15) is 67.7 Å². The van der Waals surface area contributed by atoms with E-state index in [4.69, 9.17) is 14.6 Å². The highest BCUT2D eigenvalue weighted by molar-refractivity contribution is 5.67. The molecule has 0 fully saturated rings. The lowest BCUT2D eigenvalue weighted by Crippen LogP contribution is -2.33. The molecule has 2 amide bonds. The number of alkyl carbamates (subject to hydrolysis) is 2. The minimum atomic E-state index is -0.455. The van der Waals surface area contributed by atoms with E-state index in [1.807, 2.05) is 20.8 Å². The minimum Gasteiger partial charge on any atom is -0.444 e. The van der Waals surface area contributed by atoms with Gasteiger partial charge in [0.15, 0.2) is 0 Å². The molecule has 0 radical (unpaired) electrons. The smallest absolute Gasteiger partial charge is 0.407 e. The lowest BCUT2D eigenvalue weighted by atomic mass is 10.2. The van der Waals surface area contributed by atoms with Gasteiger partial charge in [0, 0.05) is 19.7 Å². The van der Waals surface area contributed by atoms with E-state index >= 15 is 0 Å². The lowest BCUT2D eigenvalue weighted by Gasteiger charge is -2.19. The maximum Gasteiger partial charge on any atom is 0.407 e. The number of aliphatic hydroxyl groups excluding tert-OH is 1. The summed E-state index contributed by atoms with van der Waals surface area (Å²) in [6.07, 6.45) is 1.88. The molecule has 0 aliphatic carbocycles. The van der Waals surface area contributed by atoms with Gasteiger partial charge in [0.25, 0.3) is 0 Å². The molecule has 0 aromatic rings. The molecule has 0 spiro atoms. The summed E-state index contributed by atoms with van der Waals surface area (Å²) in [4.78, 5) is 21.9. The van der Waals surface area contributed by atoms with E-state index in [1.54, 1.807) is 20.8 Å². The molecule has 0 rings (SSSR count). The third-order valence-corrected chi connectivity index (χ3v) is 2.20. The van der Waals surface area contributed by atoms with Gasteiger partial charge in [0.2, 0.25) is 0 Å². The van der Waals surface area contributed by atoms with Crippen LogP contribution in [0.15, 0.2) is 0 Å². The van der Waals surface area contributed by atoms with Crippen molar-refractivity contribution < 1.29 is 24.2 Å². The van der Waals surface area contributed by atoms with E-state index in [-0.39, 0.29) is 12.7 Å². The summed E-state index contributed by atoms with van der Waals surface area (Å²) >= 11 is 0. The van der Waals surface area contributed by atoms with Crippen molar-refractivity contribution in [2.75, 3.05) is 19.7 Å². The van der Waals surface area contributed by atoms with Crippen LogP contribution in [0.4, 0.5) is 9.59 Å². The number of ether oxygens (including phenoxy) is 2. The largest absolute Gasteiger partial charge is 0.444 e. The van der Waals surface area contributed by atoms with Crippen molar-refractivity contribution in [1.29, 1.82) is 0 Å². The standard InChI is InChI=1S/C9H19NO2.C8H17NO3/c1-5-6-7-10-8(11)12-9(2,3)4;1-8(2,3)12-7(11)9-5-4-6-10/h5-7H2,1-4H3,(H,10,11);10H,4-6H2,1-3H3,(H,9,11). The number of hydrogen-bond acceptors (Lipinski definition) is 5. The molecule has 0 aliphatic rings. The summed E-state index contributed by atoms with van der Waals surface area (Å²) in [6, 6.07) is 0. The Morgan fingerprint density at radius 3 is 1.50 bits per heavy atom. The molecule has 7 heteroatoms. The second kappa shape index (κ2) is 12.9. The summed E-state index contributed by atoms with van der Waals surface area (Å²) in [5.74, 6) is 0. The quantitative estimate of drug-likeness (QED) is 0.641. The van der Waals surface area contributed by atoms with Crippen LogP contribution < -0.4 is 10.6 Å². The average Bonchev–Trinajstić information content (AvgIpc) is 2.36. The van der Waals surface area contributed by atoms with Gasteiger partial charge < -0.3 is 25.2 Å². The second-order valence-corrected chi connectivity index (χ2v) is 7.29. The number of unbranched alkanes of at least 4 members (excludes halogenated alkanes) is 1. The summed E-state index contributed by atoms with van der Waals surface area (Å²) in [5, 5.41) is 13.6. The molecule has 0 bridgehead atoms. The van der Waals surface area contributed by atoms with Crippen LogP contribution in [0, 0.1) is 0 Å². The molecule has 24 heavy (non-hydrogen) atoms. The zero-order valence-corrected chi connectivity index (χ0v) is 16.3. The van der Waals surface area contributed by atoms with E-state index in [1.165, 1.54) is 0 Å². The number of hydrogen-bond donors (Lipinski definition) is 3. The molecule has 144 valence electrons. The van der Waals surface area contributed by atoms with E-state index in [9.17, 15) is 9.59 Å². The Hall–Kier alpha value is -1.50. The van der Waals surface area contributed by atoms with E-state index in [2.05, 4.69) is 17.6 Å². The molecular weight excluding hydrogens is 312 g/mol. The number of nitrogens with one attached hydrogen (secondary N) is 2. The van der Waals surface area contributed by atoms with Crippen molar-refractivity contribution in [3.8, 4) is 0 Å². The summed E-state index contributed by atoms with van der Waals surface area (Å²) in [7, 11) is 0. The number of amides is 2. The fraction of sp³-hybridized carbons (Fsp3) is 0.882. The van der Waals surface area contributed by atoms with Crippen molar-refractivity contribution in [3.63, 3.8) is 0 Å². The second-order valence-electron chi connectivity index (χ2n) is 7.29. The van der Waals surface area contributed by atoms with Crippen molar-refractivity contribution in [2.45, 2.75) is 78.9 Å². The van der Waals surface area contributed by atoms with Crippen molar-refractivity contribution in [2.24, 2.45) is 0 Å². The van der Waals surface area contributed by atoms with Gasteiger partial charge in [-0.1, -0.05) is 13.3 Å². The third-order valence-electron chi connectivity index (χ3n) is 2.20. The Morgan fingerprint density at radius 1 is 0.833 bits per heavy atom. The van der Waals surface area contributed by atoms with Gasteiger partial charge >= 0.3 is 12.2 Å². The predicted octanol–water partition coefficient (Wildman–Crippen LogP) is 3.20. The first-order chi connectivity index (χ1) is 10.9. The molecule has 0 unspecified atom stereocenters. The van der Waals surface area contributed by atoms with E-state index in [0.717, 1.165) is 12.8 Å². The zero-order valence-electron chi connectivity index (χ0n) is 16.3. The topological polar surface area (TPSA) is 96.9 Å². The van der Waals surface area contributed by atoms with Crippen LogP contribution in [-0.2, 0) is 9.47 Å². The van der Waals surface area contributed by atoms with Crippen LogP contribution in [0.2, 0.25) is 0 Å². The van der Waals surface area contributed by atoms with Gasteiger partial charge in [-0.05, 0) is 54.4 Å². The Morgan fingerprint density at radius 2 is 1.21 bits per heavy atom. The first kappa shape index (κ1) is 24.7. The van der Waals surface area contributed by atoms with Crippen LogP contribution in [0.5, 0.6) is 0 Å². The minimum absolute atomic E-state index is 0.0792. The van der Waals surface area contributed by atoms with Gasteiger partial charge in [-0.25, -0.2) is 9.59 Å². The van der Waals surface area contributed by atoms with Crippen LogP contribution in [0.3, 0.4) is 0 Å². The molecular formula is C17H36N2O5. The highest BCUT2D eigenvalue weighted by Gasteiger charge is 2.15. The average molecular weight is 348 g/mol.